The van der Waals surface area contributed by atoms with E-state index in [4.69, 9.17) is 4.74 Å². The predicted octanol–water partition coefficient (Wildman–Crippen LogP) is 4.06. The number of aromatic nitrogens is 1. The molecule has 0 spiro atoms. The van der Waals surface area contributed by atoms with Crippen LogP contribution in [0.3, 0.4) is 0 Å². The number of piperidine rings is 1. The van der Waals surface area contributed by atoms with Crippen molar-refractivity contribution in [3.63, 3.8) is 0 Å². The van der Waals surface area contributed by atoms with Crippen molar-refractivity contribution < 1.29 is 14.3 Å². The number of ether oxygens (including phenoxy) is 1. The standard InChI is InChI=1S/C17H23BrN2O3/c1-17(2,3)23-16(22)20-8-6-12(7-9-20)10-15(21)14-5-4-13(18)11-19-14/h4-5,11-12H,6-10H2,1-3H3. The molecule has 23 heavy (non-hydrogen) atoms. The lowest BCUT2D eigenvalue weighted by Crippen LogP contribution is -2.42. The highest BCUT2D eigenvalue weighted by molar-refractivity contribution is 9.10. The number of Topliss-reactive ketones (excluding diaryl/α,β-unsaturated/α-hetero) is 1. The molecule has 1 amide bonds. The van der Waals surface area contributed by atoms with Gasteiger partial charge in [-0.15, -0.1) is 0 Å². The minimum absolute atomic E-state index is 0.0632. The first-order valence-electron chi connectivity index (χ1n) is 7.87. The zero-order chi connectivity index (χ0) is 17.0. The van der Waals surface area contributed by atoms with E-state index in [9.17, 15) is 9.59 Å². The van der Waals surface area contributed by atoms with Gasteiger partial charge in [0.2, 0.25) is 0 Å². The summed E-state index contributed by atoms with van der Waals surface area (Å²) in [5.74, 6) is 0.361. The fourth-order valence-corrected chi connectivity index (χ4v) is 2.79. The Hall–Kier alpha value is -1.43. The van der Waals surface area contributed by atoms with Gasteiger partial charge in [-0.05, 0) is 67.6 Å². The van der Waals surface area contributed by atoms with E-state index in [0.29, 0.717) is 31.1 Å². The van der Waals surface area contributed by atoms with E-state index in [-0.39, 0.29) is 11.9 Å². The molecule has 0 bridgehead atoms. The van der Waals surface area contributed by atoms with Crippen molar-refractivity contribution >= 4 is 27.8 Å². The molecule has 6 heteroatoms. The molecule has 2 rings (SSSR count). The lowest BCUT2D eigenvalue weighted by atomic mass is 9.91. The van der Waals surface area contributed by atoms with E-state index in [0.717, 1.165) is 17.3 Å². The van der Waals surface area contributed by atoms with E-state index in [1.807, 2.05) is 26.8 Å². The molecule has 0 saturated carbocycles. The number of nitrogens with zero attached hydrogens (tertiary/aromatic N) is 2. The number of hydrogen-bond donors (Lipinski definition) is 0. The molecule has 1 aliphatic heterocycles. The molecule has 5 nitrogen and oxygen atoms in total. The van der Waals surface area contributed by atoms with Gasteiger partial charge < -0.3 is 9.64 Å². The van der Waals surface area contributed by atoms with Gasteiger partial charge in [-0.2, -0.15) is 0 Å². The maximum Gasteiger partial charge on any atom is 0.410 e. The van der Waals surface area contributed by atoms with Crippen molar-refractivity contribution in [2.24, 2.45) is 5.92 Å². The van der Waals surface area contributed by atoms with Gasteiger partial charge in [0.15, 0.2) is 5.78 Å². The largest absolute Gasteiger partial charge is 0.444 e. The Morgan fingerprint density at radius 1 is 1.30 bits per heavy atom. The average Bonchev–Trinajstić information content (AvgIpc) is 2.46. The van der Waals surface area contributed by atoms with Gasteiger partial charge in [-0.3, -0.25) is 9.78 Å². The van der Waals surface area contributed by atoms with Gasteiger partial charge >= 0.3 is 6.09 Å². The molecule has 1 fully saturated rings. The van der Waals surface area contributed by atoms with Crippen molar-refractivity contribution in [2.75, 3.05) is 13.1 Å². The number of likely N-dealkylation sites (tertiary alicyclic amines) is 1. The number of amides is 1. The Morgan fingerprint density at radius 3 is 2.48 bits per heavy atom. The van der Waals surface area contributed by atoms with Gasteiger partial charge in [-0.1, -0.05) is 0 Å². The Morgan fingerprint density at radius 2 is 1.96 bits per heavy atom. The Balaban J connectivity index is 1.81. The molecular weight excluding hydrogens is 360 g/mol. The van der Waals surface area contributed by atoms with Gasteiger partial charge in [0.25, 0.3) is 0 Å². The van der Waals surface area contributed by atoms with Crippen molar-refractivity contribution in [2.45, 2.75) is 45.6 Å². The van der Waals surface area contributed by atoms with E-state index < -0.39 is 5.60 Å². The number of hydrogen-bond acceptors (Lipinski definition) is 4. The Kier molecular flexibility index (Phi) is 5.79. The highest BCUT2D eigenvalue weighted by atomic mass is 79.9. The fourth-order valence-electron chi connectivity index (χ4n) is 2.55. The average molecular weight is 383 g/mol. The second-order valence-electron chi connectivity index (χ2n) is 6.90. The summed E-state index contributed by atoms with van der Waals surface area (Å²) in [7, 11) is 0. The number of carbonyl (C=O) groups is 2. The lowest BCUT2D eigenvalue weighted by Gasteiger charge is -2.33. The van der Waals surface area contributed by atoms with Crippen LogP contribution in [0.4, 0.5) is 4.79 Å². The second kappa shape index (κ2) is 7.43. The number of halogens is 1. The SMILES string of the molecule is CC(C)(C)OC(=O)N1CCC(CC(=O)c2ccc(Br)cn2)CC1. The molecule has 0 atom stereocenters. The smallest absolute Gasteiger partial charge is 0.410 e. The van der Waals surface area contributed by atoms with Crippen LogP contribution in [-0.4, -0.2) is 40.5 Å². The molecule has 0 aliphatic carbocycles. The van der Waals surface area contributed by atoms with Crippen LogP contribution in [-0.2, 0) is 4.74 Å². The minimum Gasteiger partial charge on any atom is -0.444 e. The molecule has 0 unspecified atom stereocenters. The monoisotopic (exact) mass is 382 g/mol. The summed E-state index contributed by atoms with van der Waals surface area (Å²) >= 11 is 3.31. The Labute approximate surface area is 145 Å². The fraction of sp³-hybridized carbons (Fsp3) is 0.588. The summed E-state index contributed by atoms with van der Waals surface area (Å²) < 4.78 is 6.24. The first-order chi connectivity index (χ1) is 10.7. The maximum absolute atomic E-state index is 12.2. The third kappa shape index (κ3) is 5.61. The number of pyridine rings is 1. The van der Waals surface area contributed by atoms with Gasteiger partial charge in [0.1, 0.15) is 11.3 Å². The van der Waals surface area contributed by atoms with Crippen molar-refractivity contribution in [3.8, 4) is 0 Å². The summed E-state index contributed by atoms with van der Waals surface area (Å²) in [6.07, 6.45) is 3.50. The summed E-state index contributed by atoms with van der Waals surface area (Å²) in [6, 6.07) is 3.56. The second-order valence-corrected chi connectivity index (χ2v) is 7.82. The van der Waals surface area contributed by atoms with Gasteiger partial charge in [-0.25, -0.2) is 4.79 Å². The number of rotatable bonds is 3. The van der Waals surface area contributed by atoms with Crippen LogP contribution >= 0.6 is 15.9 Å². The van der Waals surface area contributed by atoms with Crippen LogP contribution in [0.25, 0.3) is 0 Å². The molecular formula is C17H23BrN2O3. The third-order valence-corrected chi connectivity index (χ3v) is 4.22. The van der Waals surface area contributed by atoms with Crippen LogP contribution in [0.5, 0.6) is 0 Å². The highest BCUT2D eigenvalue weighted by Gasteiger charge is 2.28. The van der Waals surface area contributed by atoms with Crippen LogP contribution in [0.1, 0.15) is 50.5 Å². The summed E-state index contributed by atoms with van der Waals surface area (Å²) in [5, 5.41) is 0. The van der Waals surface area contributed by atoms with E-state index in [2.05, 4.69) is 20.9 Å². The third-order valence-electron chi connectivity index (χ3n) is 3.75. The molecule has 0 N–H and O–H groups in total. The molecule has 1 saturated heterocycles. The molecule has 0 radical (unpaired) electrons. The topological polar surface area (TPSA) is 59.5 Å². The summed E-state index contributed by atoms with van der Waals surface area (Å²) in [4.78, 5) is 30.1. The number of ketones is 1. The highest BCUT2D eigenvalue weighted by Crippen LogP contribution is 2.23. The number of carbonyl (C=O) groups excluding carboxylic acids is 2. The first-order valence-corrected chi connectivity index (χ1v) is 8.66. The van der Waals surface area contributed by atoms with Gasteiger partial charge in [0, 0.05) is 30.2 Å². The van der Waals surface area contributed by atoms with Crippen molar-refractivity contribution in [1.82, 2.24) is 9.88 Å². The van der Waals surface area contributed by atoms with E-state index >= 15 is 0 Å². The van der Waals surface area contributed by atoms with E-state index in [1.54, 1.807) is 17.2 Å². The van der Waals surface area contributed by atoms with Crippen LogP contribution in [0, 0.1) is 5.92 Å². The summed E-state index contributed by atoms with van der Waals surface area (Å²) in [5.41, 5.74) is 0.0275. The predicted molar refractivity (Wildman–Crippen MR) is 91.4 cm³/mol. The van der Waals surface area contributed by atoms with Gasteiger partial charge in [0.05, 0.1) is 0 Å². The molecule has 0 aromatic carbocycles. The minimum atomic E-state index is -0.475. The first kappa shape index (κ1) is 17.9. The lowest BCUT2D eigenvalue weighted by molar-refractivity contribution is 0.0183. The zero-order valence-electron chi connectivity index (χ0n) is 13.8. The van der Waals surface area contributed by atoms with Crippen LogP contribution in [0.2, 0.25) is 0 Å². The maximum atomic E-state index is 12.2. The van der Waals surface area contributed by atoms with E-state index in [1.165, 1.54) is 0 Å². The molecule has 126 valence electrons. The van der Waals surface area contributed by atoms with Crippen LogP contribution < -0.4 is 0 Å². The Bertz CT molecular complexity index is 558. The molecule has 1 aliphatic rings. The van der Waals surface area contributed by atoms with Crippen LogP contribution in [0.15, 0.2) is 22.8 Å². The van der Waals surface area contributed by atoms with Crippen molar-refractivity contribution in [3.05, 3.63) is 28.5 Å². The normalized spacial score (nSPS) is 16.3. The molecule has 1 aromatic rings. The molecule has 1 aromatic heterocycles. The van der Waals surface area contributed by atoms with Crippen molar-refractivity contribution in [1.29, 1.82) is 0 Å². The quantitative estimate of drug-likeness (QED) is 0.739. The molecule has 2 heterocycles. The zero-order valence-corrected chi connectivity index (χ0v) is 15.4. The summed E-state index contributed by atoms with van der Waals surface area (Å²) in [6.45, 7) is 6.87.